The van der Waals surface area contributed by atoms with Gasteiger partial charge in [-0.3, -0.25) is 9.59 Å². The van der Waals surface area contributed by atoms with Crippen molar-refractivity contribution in [3.05, 3.63) is 29.8 Å². The summed E-state index contributed by atoms with van der Waals surface area (Å²) in [5.74, 6) is 0.0163. The summed E-state index contributed by atoms with van der Waals surface area (Å²) in [6, 6.07) is 8.90. The predicted octanol–water partition coefficient (Wildman–Crippen LogP) is 2.60. The van der Waals surface area contributed by atoms with Crippen molar-refractivity contribution < 1.29 is 14.3 Å². The Bertz CT molecular complexity index is 667. The fourth-order valence-corrected chi connectivity index (χ4v) is 3.65. The van der Waals surface area contributed by atoms with Crippen LogP contribution in [-0.4, -0.2) is 31.1 Å². The first-order valence-corrected chi connectivity index (χ1v) is 9.36. The minimum atomic E-state index is -0.0622. The van der Waals surface area contributed by atoms with Gasteiger partial charge in [0, 0.05) is 30.7 Å². The maximum Gasteiger partial charge on any atom is 0.227 e. The SMILES string of the molecule is N#Cc1ccc(NC(=O)C2CCC(C(=O)NCC3CCCO3)CC2)cc1. The van der Waals surface area contributed by atoms with E-state index in [4.69, 9.17) is 10.00 Å². The van der Waals surface area contributed by atoms with E-state index in [9.17, 15) is 9.59 Å². The Labute approximate surface area is 153 Å². The van der Waals surface area contributed by atoms with E-state index in [-0.39, 0.29) is 29.8 Å². The monoisotopic (exact) mass is 355 g/mol. The molecule has 2 fully saturated rings. The van der Waals surface area contributed by atoms with Gasteiger partial charge in [-0.25, -0.2) is 0 Å². The van der Waals surface area contributed by atoms with Crippen molar-refractivity contribution in [1.82, 2.24) is 5.32 Å². The normalized spacial score (nSPS) is 25.3. The minimum Gasteiger partial charge on any atom is -0.376 e. The fourth-order valence-electron chi connectivity index (χ4n) is 3.65. The third kappa shape index (κ3) is 4.83. The molecule has 6 heteroatoms. The first-order valence-electron chi connectivity index (χ1n) is 9.36. The Kier molecular flexibility index (Phi) is 6.24. The number of nitrogens with zero attached hydrogens (tertiary/aromatic N) is 1. The first-order chi connectivity index (χ1) is 12.7. The zero-order valence-electron chi connectivity index (χ0n) is 14.9. The zero-order chi connectivity index (χ0) is 18.4. The van der Waals surface area contributed by atoms with Crippen LogP contribution in [0.4, 0.5) is 5.69 Å². The van der Waals surface area contributed by atoms with Crippen molar-refractivity contribution >= 4 is 17.5 Å². The second-order valence-corrected chi connectivity index (χ2v) is 7.11. The molecule has 0 aromatic heterocycles. The molecule has 1 aromatic rings. The highest BCUT2D eigenvalue weighted by atomic mass is 16.5. The molecule has 1 saturated heterocycles. The Morgan fingerprint density at radius 3 is 2.27 bits per heavy atom. The number of hydrogen-bond donors (Lipinski definition) is 2. The van der Waals surface area contributed by atoms with Crippen molar-refractivity contribution in [1.29, 1.82) is 5.26 Å². The lowest BCUT2D eigenvalue weighted by molar-refractivity contribution is -0.128. The molecule has 0 radical (unpaired) electrons. The van der Waals surface area contributed by atoms with E-state index < -0.39 is 0 Å². The van der Waals surface area contributed by atoms with Gasteiger partial charge in [0.05, 0.1) is 17.7 Å². The van der Waals surface area contributed by atoms with E-state index in [1.807, 2.05) is 0 Å². The molecule has 0 bridgehead atoms. The van der Waals surface area contributed by atoms with Crippen LogP contribution in [-0.2, 0) is 14.3 Å². The highest BCUT2D eigenvalue weighted by Gasteiger charge is 2.30. The van der Waals surface area contributed by atoms with Crippen molar-refractivity contribution in [2.75, 3.05) is 18.5 Å². The lowest BCUT2D eigenvalue weighted by Gasteiger charge is -2.27. The molecular weight excluding hydrogens is 330 g/mol. The summed E-state index contributed by atoms with van der Waals surface area (Å²) in [7, 11) is 0. The van der Waals surface area contributed by atoms with Crippen LogP contribution in [0.5, 0.6) is 0 Å². The van der Waals surface area contributed by atoms with Crippen molar-refractivity contribution in [2.45, 2.75) is 44.6 Å². The Morgan fingerprint density at radius 1 is 1.04 bits per heavy atom. The van der Waals surface area contributed by atoms with Crippen LogP contribution in [0.1, 0.15) is 44.1 Å². The molecule has 0 spiro atoms. The molecule has 1 aliphatic carbocycles. The van der Waals surface area contributed by atoms with Crippen molar-refractivity contribution in [3.63, 3.8) is 0 Å². The molecule has 2 amide bonds. The number of nitriles is 1. The number of rotatable bonds is 5. The van der Waals surface area contributed by atoms with E-state index in [0.717, 1.165) is 45.1 Å². The molecule has 138 valence electrons. The van der Waals surface area contributed by atoms with Crippen LogP contribution in [0.15, 0.2) is 24.3 Å². The van der Waals surface area contributed by atoms with Gasteiger partial charge < -0.3 is 15.4 Å². The van der Waals surface area contributed by atoms with E-state index >= 15 is 0 Å². The Hall–Kier alpha value is -2.39. The second kappa shape index (κ2) is 8.81. The van der Waals surface area contributed by atoms with E-state index in [1.54, 1.807) is 24.3 Å². The molecule has 1 heterocycles. The predicted molar refractivity (Wildman–Crippen MR) is 97.2 cm³/mol. The average Bonchev–Trinajstić information content (AvgIpc) is 3.20. The summed E-state index contributed by atoms with van der Waals surface area (Å²) in [6.45, 7) is 1.39. The third-order valence-corrected chi connectivity index (χ3v) is 5.28. The molecule has 1 unspecified atom stereocenters. The topological polar surface area (TPSA) is 91.2 Å². The van der Waals surface area contributed by atoms with Crippen LogP contribution in [0.2, 0.25) is 0 Å². The van der Waals surface area contributed by atoms with Gasteiger partial charge in [-0.2, -0.15) is 5.26 Å². The Morgan fingerprint density at radius 2 is 1.69 bits per heavy atom. The molecule has 2 aliphatic rings. The molecular formula is C20H25N3O3. The maximum absolute atomic E-state index is 12.4. The standard InChI is InChI=1S/C20H25N3O3/c21-12-14-3-9-17(10-4-14)23-20(25)16-7-5-15(6-8-16)19(24)22-13-18-2-1-11-26-18/h3-4,9-10,15-16,18H,1-2,5-8,11,13H2,(H,22,24)(H,23,25). The second-order valence-electron chi connectivity index (χ2n) is 7.11. The van der Waals surface area contributed by atoms with E-state index in [0.29, 0.717) is 17.8 Å². The minimum absolute atomic E-state index is 0.00429. The van der Waals surface area contributed by atoms with Gasteiger partial charge in [-0.15, -0.1) is 0 Å². The van der Waals surface area contributed by atoms with Crippen LogP contribution < -0.4 is 10.6 Å². The van der Waals surface area contributed by atoms with Gasteiger partial charge in [0.25, 0.3) is 0 Å². The summed E-state index contributed by atoms with van der Waals surface area (Å²) in [5, 5.41) is 14.7. The molecule has 1 aliphatic heterocycles. The van der Waals surface area contributed by atoms with Gasteiger partial charge in [0.1, 0.15) is 0 Å². The number of ether oxygens (including phenoxy) is 1. The van der Waals surface area contributed by atoms with Crippen LogP contribution >= 0.6 is 0 Å². The number of anilines is 1. The molecule has 1 saturated carbocycles. The zero-order valence-corrected chi connectivity index (χ0v) is 14.9. The van der Waals surface area contributed by atoms with Crippen LogP contribution in [0.3, 0.4) is 0 Å². The molecule has 1 atom stereocenters. The average molecular weight is 355 g/mol. The number of carbonyl (C=O) groups excluding carboxylic acids is 2. The van der Waals surface area contributed by atoms with E-state index in [2.05, 4.69) is 16.7 Å². The van der Waals surface area contributed by atoms with Gasteiger partial charge in [0.15, 0.2) is 0 Å². The number of nitrogens with one attached hydrogen (secondary N) is 2. The largest absolute Gasteiger partial charge is 0.376 e. The summed E-state index contributed by atoms with van der Waals surface area (Å²) in [4.78, 5) is 24.7. The van der Waals surface area contributed by atoms with Crippen molar-refractivity contribution in [3.8, 4) is 6.07 Å². The van der Waals surface area contributed by atoms with Gasteiger partial charge in [-0.1, -0.05) is 0 Å². The third-order valence-electron chi connectivity index (χ3n) is 5.28. The molecule has 26 heavy (non-hydrogen) atoms. The maximum atomic E-state index is 12.4. The van der Waals surface area contributed by atoms with E-state index in [1.165, 1.54) is 0 Å². The summed E-state index contributed by atoms with van der Waals surface area (Å²) < 4.78 is 5.52. The summed E-state index contributed by atoms with van der Waals surface area (Å²) in [5.41, 5.74) is 1.27. The molecule has 1 aromatic carbocycles. The number of carbonyl (C=O) groups is 2. The van der Waals surface area contributed by atoms with Gasteiger partial charge >= 0.3 is 0 Å². The fraction of sp³-hybridized carbons (Fsp3) is 0.550. The molecule has 3 rings (SSSR count). The quantitative estimate of drug-likeness (QED) is 0.849. The highest BCUT2D eigenvalue weighted by Crippen LogP contribution is 2.30. The van der Waals surface area contributed by atoms with Gasteiger partial charge in [-0.05, 0) is 62.8 Å². The van der Waals surface area contributed by atoms with Crippen molar-refractivity contribution in [2.24, 2.45) is 11.8 Å². The lowest BCUT2D eigenvalue weighted by atomic mass is 9.81. The Balaban J connectivity index is 1.41. The van der Waals surface area contributed by atoms with Crippen LogP contribution in [0.25, 0.3) is 0 Å². The highest BCUT2D eigenvalue weighted by molar-refractivity contribution is 5.92. The first kappa shape index (κ1) is 18.4. The van der Waals surface area contributed by atoms with Crippen LogP contribution in [0, 0.1) is 23.2 Å². The number of amides is 2. The number of hydrogen-bond acceptors (Lipinski definition) is 4. The molecule has 6 nitrogen and oxygen atoms in total. The smallest absolute Gasteiger partial charge is 0.227 e. The number of benzene rings is 1. The summed E-state index contributed by atoms with van der Waals surface area (Å²) >= 11 is 0. The molecule has 2 N–H and O–H groups in total. The summed E-state index contributed by atoms with van der Waals surface area (Å²) in [6.07, 6.45) is 5.17. The van der Waals surface area contributed by atoms with Gasteiger partial charge in [0.2, 0.25) is 11.8 Å². The lowest BCUT2D eigenvalue weighted by Crippen LogP contribution is -2.38.